The average Bonchev–Trinajstić information content (AvgIpc) is 2.44. The van der Waals surface area contributed by atoms with Crippen LogP contribution in [-0.4, -0.2) is 50.8 Å². The van der Waals surface area contributed by atoms with Gasteiger partial charge in [-0.1, -0.05) is 17.7 Å². The molecular weight excluding hydrogens is 295 g/mol. The second-order valence-corrected chi connectivity index (χ2v) is 5.30. The van der Waals surface area contributed by atoms with Crippen LogP contribution in [0.25, 0.3) is 0 Å². The Labute approximate surface area is 133 Å². The van der Waals surface area contributed by atoms with Crippen LogP contribution >= 0.6 is 24.0 Å². The molecule has 1 aliphatic rings. The fourth-order valence-corrected chi connectivity index (χ4v) is 2.62. The maximum Gasteiger partial charge on any atom is 0.0478 e. The van der Waals surface area contributed by atoms with Gasteiger partial charge in [-0.3, -0.25) is 4.90 Å². The second kappa shape index (κ2) is 9.46. The molecule has 0 N–H and O–H groups in total. The van der Waals surface area contributed by atoms with E-state index in [4.69, 9.17) is 16.3 Å². The first-order valence-corrected chi connectivity index (χ1v) is 7.48. The lowest BCUT2D eigenvalue weighted by molar-refractivity contribution is 0.130. The molecule has 1 aromatic carbocycles. The number of ether oxygens (including phenoxy) is 1. The lowest BCUT2D eigenvalue weighted by atomic mass is 10.2. The predicted octanol–water partition coefficient (Wildman–Crippen LogP) is 3.31. The number of anilines is 1. The van der Waals surface area contributed by atoms with E-state index in [2.05, 4.69) is 15.9 Å². The van der Waals surface area contributed by atoms with Gasteiger partial charge in [0.05, 0.1) is 0 Å². The maximum absolute atomic E-state index is 6.04. The van der Waals surface area contributed by atoms with Crippen molar-refractivity contribution in [3.8, 4) is 0 Å². The monoisotopic (exact) mass is 318 g/mol. The highest BCUT2D eigenvalue weighted by Gasteiger charge is 2.16. The minimum Gasteiger partial charge on any atom is -0.382 e. The fourth-order valence-electron chi connectivity index (χ4n) is 2.44. The minimum atomic E-state index is 0. The molecule has 1 heterocycles. The van der Waals surface area contributed by atoms with E-state index < -0.39 is 0 Å². The molecule has 1 aliphatic heterocycles. The third kappa shape index (κ3) is 5.49. The van der Waals surface area contributed by atoms with Gasteiger partial charge in [-0.25, -0.2) is 0 Å². The highest BCUT2D eigenvalue weighted by atomic mass is 35.5. The fraction of sp³-hybridized carbons (Fsp3) is 0.600. The van der Waals surface area contributed by atoms with Crippen LogP contribution in [0.15, 0.2) is 24.3 Å². The quantitative estimate of drug-likeness (QED) is 0.748. The Morgan fingerprint density at radius 3 is 2.60 bits per heavy atom. The number of hydrogen-bond donors (Lipinski definition) is 0. The molecule has 0 bridgehead atoms. The van der Waals surface area contributed by atoms with Crippen molar-refractivity contribution in [1.29, 1.82) is 0 Å². The summed E-state index contributed by atoms with van der Waals surface area (Å²) in [7, 11) is 0. The van der Waals surface area contributed by atoms with Gasteiger partial charge < -0.3 is 9.64 Å². The maximum atomic E-state index is 6.04. The molecule has 1 fully saturated rings. The Bertz CT molecular complexity index is 382. The highest BCUT2D eigenvalue weighted by Crippen LogP contribution is 2.20. The number of benzene rings is 1. The predicted molar refractivity (Wildman–Crippen MR) is 88.5 cm³/mol. The van der Waals surface area contributed by atoms with Crippen molar-refractivity contribution < 1.29 is 4.74 Å². The van der Waals surface area contributed by atoms with Crippen LogP contribution in [-0.2, 0) is 4.74 Å². The molecule has 1 saturated heterocycles. The summed E-state index contributed by atoms with van der Waals surface area (Å²) < 4.78 is 5.38. The summed E-state index contributed by atoms with van der Waals surface area (Å²) in [5.74, 6) is 0. The van der Waals surface area contributed by atoms with Crippen LogP contribution in [0.3, 0.4) is 0 Å². The zero-order valence-corrected chi connectivity index (χ0v) is 13.6. The molecule has 1 aromatic rings. The number of nitrogens with zero attached hydrogens (tertiary/aromatic N) is 2. The molecule has 0 unspecified atom stereocenters. The summed E-state index contributed by atoms with van der Waals surface area (Å²) >= 11 is 6.04. The van der Waals surface area contributed by atoms with Crippen LogP contribution in [0.4, 0.5) is 5.69 Å². The van der Waals surface area contributed by atoms with Gasteiger partial charge in [0.1, 0.15) is 0 Å². The third-order valence-electron chi connectivity index (χ3n) is 3.51. The topological polar surface area (TPSA) is 15.7 Å². The van der Waals surface area contributed by atoms with Gasteiger partial charge in [0.15, 0.2) is 0 Å². The summed E-state index contributed by atoms with van der Waals surface area (Å²) in [6.07, 6.45) is 1.13. The second-order valence-electron chi connectivity index (χ2n) is 4.86. The van der Waals surface area contributed by atoms with Crippen LogP contribution in [0.2, 0.25) is 5.02 Å². The number of hydrogen-bond acceptors (Lipinski definition) is 3. The summed E-state index contributed by atoms with van der Waals surface area (Å²) in [5.41, 5.74) is 1.24. The van der Waals surface area contributed by atoms with Gasteiger partial charge in [-0.15, -0.1) is 12.4 Å². The van der Waals surface area contributed by atoms with Gasteiger partial charge in [0.2, 0.25) is 0 Å². The Morgan fingerprint density at radius 1 is 1.20 bits per heavy atom. The van der Waals surface area contributed by atoms with Crippen molar-refractivity contribution in [3.63, 3.8) is 0 Å². The van der Waals surface area contributed by atoms with Crippen molar-refractivity contribution in [2.45, 2.75) is 13.3 Å². The van der Waals surface area contributed by atoms with Gasteiger partial charge >= 0.3 is 0 Å². The zero-order valence-electron chi connectivity index (χ0n) is 12.1. The molecule has 0 spiro atoms. The normalized spacial score (nSPS) is 16.0. The Morgan fingerprint density at radius 2 is 1.95 bits per heavy atom. The Kier molecular flexibility index (Phi) is 8.31. The van der Waals surface area contributed by atoms with Gasteiger partial charge in [-0.05, 0) is 31.5 Å². The summed E-state index contributed by atoms with van der Waals surface area (Å²) in [6.45, 7) is 9.29. The molecule has 0 aliphatic carbocycles. The van der Waals surface area contributed by atoms with Crippen LogP contribution in [0.1, 0.15) is 13.3 Å². The van der Waals surface area contributed by atoms with E-state index in [9.17, 15) is 0 Å². The van der Waals surface area contributed by atoms with Crippen LogP contribution in [0, 0.1) is 0 Å². The standard InChI is InChI=1S/C15H23ClN2O.ClH/c1-2-19-12-4-7-17-8-10-18(11-9-17)15-6-3-5-14(16)13-15;/h3,5-6,13H,2,4,7-12H2,1H3;1H. The highest BCUT2D eigenvalue weighted by molar-refractivity contribution is 6.30. The molecule has 5 heteroatoms. The first kappa shape index (κ1) is 17.6. The Hall–Kier alpha value is -0.480. The average molecular weight is 319 g/mol. The van der Waals surface area contributed by atoms with Crippen LogP contribution < -0.4 is 4.90 Å². The number of rotatable bonds is 6. The summed E-state index contributed by atoms with van der Waals surface area (Å²) in [4.78, 5) is 4.92. The molecular formula is C15H24Cl2N2O. The van der Waals surface area contributed by atoms with Crippen molar-refractivity contribution in [1.82, 2.24) is 4.90 Å². The van der Waals surface area contributed by atoms with Crippen molar-refractivity contribution in [2.24, 2.45) is 0 Å². The molecule has 0 radical (unpaired) electrons. The van der Waals surface area contributed by atoms with E-state index >= 15 is 0 Å². The van der Waals surface area contributed by atoms with E-state index in [1.54, 1.807) is 0 Å². The SMILES string of the molecule is CCOCCCN1CCN(c2cccc(Cl)c2)CC1.Cl. The first-order valence-electron chi connectivity index (χ1n) is 7.10. The smallest absolute Gasteiger partial charge is 0.0478 e. The van der Waals surface area contributed by atoms with E-state index in [1.165, 1.54) is 5.69 Å². The van der Waals surface area contributed by atoms with E-state index in [-0.39, 0.29) is 12.4 Å². The largest absolute Gasteiger partial charge is 0.382 e. The van der Waals surface area contributed by atoms with E-state index in [0.29, 0.717) is 0 Å². The van der Waals surface area contributed by atoms with Crippen LogP contribution in [0.5, 0.6) is 0 Å². The lowest BCUT2D eigenvalue weighted by Gasteiger charge is -2.36. The van der Waals surface area contributed by atoms with Crippen molar-refractivity contribution >= 4 is 29.7 Å². The zero-order chi connectivity index (χ0) is 13.5. The molecule has 0 aromatic heterocycles. The molecule has 114 valence electrons. The molecule has 2 rings (SSSR count). The minimum absolute atomic E-state index is 0. The summed E-state index contributed by atoms with van der Waals surface area (Å²) in [6, 6.07) is 8.13. The molecule has 0 atom stereocenters. The van der Waals surface area contributed by atoms with E-state index in [1.807, 2.05) is 25.1 Å². The van der Waals surface area contributed by atoms with Crippen molar-refractivity contribution in [3.05, 3.63) is 29.3 Å². The molecule has 0 amide bonds. The van der Waals surface area contributed by atoms with E-state index in [0.717, 1.165) is 57.4 Å². The first-order chi connectivity index (χ1) is 9.29. The number of piperazine rings is 1. The summed E-state index contributed by atoms with van der Waals surface area (Å²) in [5, 5.41) is 0.816. The Balaban J connectivity index is 0.00000200. The van der Waals surface area contributed by atoms with Gasteiger partial charge in [-0.2, -0.15) is 0 Å². The molecule has 20 heavy (non-hydrogen) atoms. The lowest BCUT2D eigenvalue weighted by Crippen LogP contribution is -2.46. The molecule has 3 nitrogen and oxygen atoms in total. The third-order valence-corrected chi connectivity index (χ3v) is 3.75. The number of halogens is 2. The van der Waals surface area contributed by atoms with Gasteiger partial charge in [0.25, 0.3) is 0 Å². The van der Waals surface area contributed by atoms with Gasteiger partial charge in [0, 0.05) is 56.6 Å². The van der Waals surface area contributed by atoms with Crippen molar-refractivity contribution in [2.75, 3.05) is 50.8 Å². The molecule has 0 saturated carbocycles.